The van der Waals surface area contributed by atoms with Crippen molar-refractivity contribution < 1.29 is 23.9 Å². The molecule has 0 aromatic carbocycles. The second-order valence-electron chi connectivity index (χ2n) is 6.59. The van der Waals surface area contributed by atoms with E-state index < -0.39 is 12.0 Å². The van der Waals surface area contributed by atoms with Gasteiger partial charge in [-0.25, -0.2) is 0 Å². The van der Waals surface area contributed by atoms with Gasteiger partial charge in [-0.2, -0.15) is 0 Å². The van der Waals surface area contributed by atoms with E-state index in [9.17, 15) is 14.4 Å². The number of hydrogen-bond donors (Lipinski definition) is 2. The molecule has 2 atom stereocenters. The molecule has 2 N–H and O–H groups in total. The predicted molar refractivity (Wildman–Crippen MR) is 91.5 cm³/mol. The van der Waals surface area contributed by atoms with Crippen LogP contribution in [0, 0.1) is 5.92 Å². The Morgan fingerprint density at radius 2 is 2.16 bits per heavy atom. The lowest BCUT2D eigenvalue weighted by atomic mass is 10.1. The van der Waals surface area contributed by atoms with Crippen molar-refractivity contribution in [1.29, 1.82) is 0 Å². The number of piperazine rings is 1. The van der Waals surface area contributed by atoms with E-state index in [2.05, 4.69) is 10.6 Å². The van der Waals surface area contributed by atoms with Crippen molar-refractivity contribution in [1.82, 2.24) is 15.5 Å². The van der Waals surface area contributed by atoms with Crippen molar-refractivity contribution in [2.75, 3.05) is 26.3 Å². The fraction of sp³-hybridized carbons (Fsp3) is 0.750. The van der Waals surface area contributed by atoms with Gasteiger partial charge in [0.1, 0.15) is 12.6 Å². The zero-order valence-corrected chi connectivity index (χ0v) is 14.8. The van der Waals surface area contributed by atoms with E-state index >= 15 is 0 Å². The summed E-state index contributed by atoms with van der Waals surface area (Å²) in [6, 6.07) is -0.766. The molecule has 0 aromatic rings. The lowest BCUT2D eigenvalue weighted by molar-refractivity contribution is -0.150. The number of carbonyl (C=O) groups is 3. The number of amides is 2. The Morgan fingerprint density at radius 3 is 2.84 bits per heavy atom. The maximum atomic E-state index is 12.2. The van der Waals surface area contributed by atoms with E-state index in [0.717, 1.165) is 25.7 Å². The van der Waals surface area contributed by atoms with E-state index in [1.165, 1.54) is 0 Å². The number of nitrogens with one attached hydrogen (secondary N) is 2. The molecule has 2 heterocycles. The summed E-state index contributed by atoms with van der Waals surface area (Å²) < 4.78 is 10.6. The lowest BCUT2D eigenvalue weighted by Crippen LogP contribution is -2.60. The molecule has 0 unspecified atom stereocenters. The predicted octanol–water partition coefficient (Wildman–Crippen LogP) is -0.290. The van der Waals surface area contributed by atoms with Crippen molar-refractivity contribution in [3.05, 3.63) is 0 Å². The summed E-state index contributed by atoms with van der Waals surface area (Å²) >= 11 is 5.27. The van der Waals surface area contributed by atoms with E-state index in [1.54, 1.807) is 4.90 Å². The molecule has 0 spiro atoms. The van der Waals surface area contributed by atoms with E-state index in [-0.39, 0.29) is 42.0 Å². The SMILES string of the molecule is O=C(C[C@H]1C(=O)NCCN1C(=S)NC(=O)C1CC1)OC[C@@H]1CCCO1. The molecule has 0 bridgehead atoms. The van der Waals surface area contributed by atoms with Crippen LogP contribution < -0.4 is 10.6 Å². The largest absolute Gasteiger partial charge is 0.463 e. The molecule has 25 heavy (non-hydrogen) atoms. The lowest BCUT2D eigenvalue weighted by Gasteiger charge is -2.36. The highest BCUT2D eigenvalue weighted by Crippen LogP contribution is 2.28. The first-order valence-electron chi connectivity index (χ1n) is 8.71. The summed E-state index contributed by atoms with van der Waals surface area (Å²) in [4.78, 5) is 37.8. The molecule has 1 saturated carbocycles. The zero-order valence-electron chi connectivity index (χ0n) is 14.0. The van der Waals surface area contributed by atoms with Crippen LogP contribution in [0.25, 0.3) is 0 Å². The van der Waals surface area contributed by atoms with Gasteiger partial charge in [0.2, 0.25) is 11.8 Å². The van der Waals surface area contributed by atoms with Gasteiger partial charge in [-0.15, -0.1) is 0 Å². The van der Waals surface area contributed by atoms with Crippen LogP contribution in [0.3, 0.4) is 0 Å². The topological polar surface area (TPSA) is 97.0 Å². The quantitative estimate of drug-likeness (QED) is 0.508. The molecule has 9 heteroatoms. The van der Waals surface area contributed by atoms with Crippen LogP contribution in [0.15, 0.2) is 0 Å². The van der Waals surface area contributed by atoms with Crippen LogP contribution >= 0.6 is 12.2 Å². The molecule has 138 valence electrons. The van der Waals surface area contributed by atoms with Crippen LogP contribution in [-0.4, -0.2) is 66.2 Å². The van der Waals surface area contributed by atoms with Gasteiger partial charge < -0.3 is 25.0 Å². The maximum absolute atomic E-state index is 12.2. The highest BCUT2D eigenvalue weighted by Gasteiger charge is 2.36. The number of esters is 1. The second-order valence-corrected chi connectivity index (χ2v) is 6.98. The molecule has 2 amide bonds. The Morgan fingerprint density at radius 1 is 1.36 bits per heavy atom. The molecule has 3 aliphatic rings. The Labute approximate surface area is 151 Å². The molecule has 8 nitrogen and oxygen atoms in total. The number of nitrogens with zero attached hydrogens (tertiary/aromatic N) is 1. The first-order valence-corrected chi connectivity index (χ1v) is 9.12. The van der Waals surface area contributed by atoms with Crippen LogP contribution in [-0.2, 0) is 23.9 Å². The average Bonchev–Trinajstić information content (AvgIpc) is 3.31. The molecule has 0 radical (unpaired) electrons. The summed E-state index contributed by atoms with van der Waals surface area (Å²) in [5, 5.41) is 5.60. The molecular weight excluding hydrogens is 346 g/mol. The minimum Gasteiger partial charge on any atom is -0.463 e. The third-order valence-electron chi connectivity index (χ3n) is 4.58. The van der Waals surface area contributed by atoms with Crippen molar-refractivity contribution in [3.63, 3.8) is 0 Å². The van der Waals surface area contributed by atoms with Crippen molar-refractivity contribution in [3.8, 4) is 0 Å². The highest BCUT2D eigenvalue weighted by molar-refractivity contribution is 7.80. The molecule has 2 aliphatic heterocycles. The third-order valence-corrected chi connectivity index (χ3v) is 4.92. The Bertz CT molecular complexity index is 560. The van der Waals surface area contributed by atoms with Gasteiger partial charge >= 0.3 is 5.97 Å². The van der Waals surface area contributed by atoms with Gasteiger partial charge in [-0.3, -0.25) is 14.4 Å². The summed E-state index contributed by atoms with van der Waals surface area (Å²) in [6.07, 6.45) is 3.41. The molecular formula is C16H23N3O5S. The first-order chi connectivity index (χ1) is 12.0. The van der Waals surface area contributed by atoms with Gasteiger partial charge in [0.25, 0.3) is 0 Å². The number of hydrogen-bond acceptors (Lipinski definition) is 6. The average molecular weight is 369 g/mol. The van der Waals surface area contributed by atoms with Crippen LogP contribution in [0.4, 0.5) is 0 Å². The number of thiocarbonyl (C=S) groups is 1. The van der Waals surface area contributed by atoms with Gasteiger partial charge in [-0.05, 0) is 37.9 Å². The number of carbonyl (C=O) groups excluding carboxylic acids is 3. The van der Waals surface area contributed by atoms with Gasteiger partial charge in [0, 0.05) is 25.6 Å². The first kappa shape index (κ1) is 18.1. The number of rotatable bonds is 5. The van der Waals surface area contributed by atoms with Crippen molar-refractivity contribution >= 4 is 35.1 Å². The smallest absolute Gasteiger partial charge is 0.308 e. The number of ether oxygens (including phenoxy) is 2. The van der Waals surface area contributed by atoms with Crippen molar-refractivity contribution in [2.45, 2.75) is 44.2 Å². The summed E-state index contributed by atoms with van der Waals surface area (Å²) in [5.41, 5.74) is 0. The zero-order chi connectivity index (χ0) is 17.8. The monoisotopic (exact) mass is 369 g/mol. The van der Waals surface area contributed by atoms with E-state index in [4.69, 9.17) is 21.7 Å². The molecule has 0 aromatic heterocycles. The fourth-order valence-corrected chi connectivity index (χ4v) is 3.28. The standard InChI is InChI=1S/C16H23N3O5S/c20-13(24-9-11-2-1-7-23-11)8-12-15(22)17-5-6-19(12)16(25)18-14(21)10-3-4-10/h10-12H,1-9H2,(H,17,22)(H,18,21,25)/t11-,12-/m0/s1. The van der Waals surface area contributed by atoms with Crippen molar-refractivity contribution in [2.24, 2.45) is 5.92 Å². The summed E-state index contributed by atoms with van der Waals surface area (Å²) in [7, 11) is 0. The Kier molecular flexibility index (Phi) is 5.85. The minimum atomic E-state index is -0.766. The molecule has 3 rings (SSSR count). The maximum Gasteiger partial charge on any atom is 0.308 e. The van der Waals surface area contributed by atoms with Crippen LogP contribution in [0.1, 0.15) is 32.1 Å². The third kappa shape index (κ3) is 4.88. The molecule has 2 saturated heterocycles. The molecule has 1 aliphatic carbocycles. The molecule has 3 fully saturated rings. The van der Waals surface area contributed by atoms with Crippen LogP contribution in [0.2, 0.25) is 0 Å². The van der Waals surface area contributed by atoms with Gasteiger partial charge in [0.05, 0.1) is 12.5 Å². The normalized spacial score (nSPS) is 26.1. The van der Waals surface area contributed by atoms with Gasteiger partial charge in [0.15, 0.2) is 5.11 Å². The highest BCUT2D eigenvalue weighted by atomic mass is 32.1. The van der Waals surface area contributed by atoms with Gasteiger partial charge in [-0.1, -0.05) is 0 Å². The fourth-order valence-electron chi connectivity index (χ4n) is 2.96. The van der Waals surface area contributed by atoms with E-state index in [1.807, 2.05) is 0 Å². The van der Waals surface area contributed by atoms with Crippen LogP contribution in [0.5, 0.6) is 0 Å². The Balaban J connectivity index is 1.53. The Hall–Kier alpha value is -1.74. The van der Waals surface area contributed by atoms with E-state index in [0.29, 0.717) is 19.7 Å². The minimum absolute atomic E-state index is 0.0198. The second kappa shape index (κ2) is 8.09. The summed E-state index contributed by atoms with van der Waals surface area (Å²) in [6.45, 7) is 1.75. The summed E-state index contributed by atoms with van der Waals surface area (Å²) in [5.74, 6) is -0.857.